The second kappa shape index (κ2) is 6.07. The van der Waals surface area contributed by atoms with Crippen LogP contribution in [0.4, 0.5) is 0 Å². The predicted molar refractivity (Wildman–Crippen MR) is 82.0 cm³/mol. The molecule has 0 heterocycles. The van der Waals surface area contributed by atoms with Gasteiger partial charge in [-0.2, -0.15) is 0 Å². The Morgan fingerprint density at radius 3 is 2.37 bits per heavy atom. The lowest BCUT2D eigenvalue weighted by Crippen LogP contribution is -2.21. The number of hydrogen-bond acceptors (Lipinski definition) is 2. The molecule has 0 aromatic heterocycles. The maximum atomic E-state index is 5.27. The maximum Gasteiger partial charge on any atom is 0.119 e. The Balaban J connectivity index is 2.40. The van der Waals surface area contributed by atoms with Crippen LogP contribution in [0.5, 0.6) is 5.75 Å². The van der Waals surface area contributed by atoms with Crippen molar-refractivity contribution in [3.05, 3.63) is 42.0 Å². The molecule has 0 saturated carbocycles. The highest BCUT2D eigenvalue weighted by molar-refractivity contribution is 5.84. The van der Waals surface area contributed by atoms with E-state index in [0.717, 1.165) is 12.3 Å². The molecule has 0 aliphatic carbocycles. The van der Waals surface area contributed by atoms with Crippen molar-refractivity contribution in [2.24, 2.45) is 5.92 Å². The summed E-state index contributed by atoms with van der Waals surface area (Å²) >= 11 is 0. The topological polar surface area (TPSA) is 21.3 Å². The summed E-state index contributed by atoms with van der Waals surface area (Å²) in [7, 11) is 3.72. The second-order valence-corrected chi connectivity index (χ2v) is 5.38. The molecule has 1 N–H and O–H groups in total. The molecule has 2 rings (SSSR count). The number of benzene rings is 2. The predicted octanol–water partition coefficient (Wildman–Crippen LogP) is 3.81. The Labute approximate surface area is 115 Å². The van der Waals surface area contributed by atoms with E-state index in [4.69, 9.17) is 4.74 Å². The number of likely N-dealkylation sites (N-methyl/N-ethyl adjacent to an activating group) is 1. The van der Waals surface area contributed by atoms with E-state index < -0.39 is 0 Å². The highest BCUT2D eigenvalue weighted by Gasteiger charge is 2.15. The Hall–Kier alpha value is -1.54. The number of rotatable bonds is 5. The number of methoxy groups -OCH3 is 1. The minimum Gasteiger partial charge on any atom is -0.497 e. The van der Waals surface area contributed by atoms with Crippen molar-refractivity contribution in [1.29, 1.82) is 0 Å². The second-order valence-electron chi connectivity index (χ2n) is 5.38. The fourth-order valence-corrected chi connectivity index (χ4v) is 2.56. The van der Waals surface area contributed by atoms with Crippen molar-refractivity contribution in [3.8, 4) is 5.75 Å². The molecule has 0 saturated heterocycles. The van der Waals surface area contributed by atoms with Crippen LogP contribution in [0.3, 0.4) is 0 Å². The van der Waals surface area contributed by atoms with Crippen molar-refractivity contribution < 1.29 is 4.74 Å². The Morgan fingerprint density at radius 1 is 1.05 bits per heavy atom. The van der Waals surface area contributed by atoms with Gasteiger partial charge in [-0.25, -0.2) is 0 Å². The minimum atomic E-state index is 0.552. The Kier molecular flexibility index (Phi) is 4.43. The molecule has 19 heavy (non-hydrogen) atoms. The van der Waals surface area contributed by atoms with E-state index >= 15 is 0 Å². The first-order valence-corrected chi connectivity index (χ1v) is 6.88. The lowest BCUT2D eigenvalue weighted by molar-refractivity contribution is 0.415. The van der Waals surface area contributed by atoms with E-state index in [1.807, 2.05) is 13.1 Å². The largest absolute Gasteiger partial charge is 0.497 e. The Bertz CT molecular complexity index is 548. The maximum absolute atomic E-state index is 5.27. The highest BCUT2D eigenvalue weighted by Crippen LogP contribution is 2.28. The van der Waals surface area contributed by atoms with Crippen LogP contribution in [0.2, 0.25) is 0 Å². The number of ether oxygens (including phenoxy) is 1. The van der Waals surface area contributed by atoms with Crippen LogP contribution in [-0.2, 0) is 0 Å². The first kappa shape index (κ1) is 13.9. The zero-order valence-corrected chi connectivity index (χ0v) is 12.2. The van der Waals surface area contributed by atoms with E-state index in [9.17, 15) is 0 Å². The van der Waals surface area contributed by atoms with Crippen molar-refractivity contribution in [2.45, 2.75) is 19.8 Å². The van der Waals surface area contributed by atoms with Gasteiger partial charge in [-0.3, -0.25) is 0 Å². The molecular formula is C17H23NO. The van der Waals surface area contributed by atoms with Gasteiger partial charge >= 0.3 is 0 Å². The van der Waals surface area contributed by atoms with E-state index in [0.29, 0.717) is 11.8 Å². The normalized spacial score (nSPS) is 12.9. The molecule has 2 aromatic carbocycles. The molecule has 0 fully saturated rings. The van der Waals surface area contributed by atoms with Gasteiger partial charge in [0.05, 0.1) is 7.11 Å². The summed E-state index contributed by atoms with van der Waals surface area (Å²) in [5.74, 6) is 2.09. The Morgan fingerprint density at radius 2 is 1.74 bits per heavy atom. The van der Waals surface area contributed by atoms with Gasteiger partial charge < -0.3 is 10.1 Å². The lowest BCUT2D eigenvalue weighted by Gasteiger charge is -2.21. The van der Waals surface area contributed by atoms with Crippen LogP contribution in [0.1, 0.15) is 25.3 Å². The van der Waals surface area contributed by atoms with Gasteiger partial charge in [-0.05, 0) is 47.4 Å². The van der Waals surface area contributed by atoms with Gasteiger partial charge in [0.15, 0.2) is 0 Å². The molecule has 2 heteroatoms. The smallest absolute Gasteiger partial charge is 0.119 e. The van der Waals surface area contributed by atoms with Crippen molar-refractivity contribution in [1.82, 2.24) is 5.32 Å². The van der Waals surface area contributed by atoms with Gasteiger partial charge in [0, 0.05) is 6.54 Å². The first-order chi connectivity index (χ1) is 9.15. The van der Waals surface area contributed by atoms with Crippen LogP contribution >= 0.6 is 0 Å². The van der Waals surface area contributed by atoms with Gasteiger partial charge in [0.1, 0.15) is 5.75 Å². The van der Waals surface area contributed by atoms with E-state index in [1.165, 1.54) is 16.3 Å². The number of hydrogen-bond donors (Lipinski definition) is 1. The third-order valence-electron chi connectivity index (χ3n) is 3.73. The molecule has 0 aliphatic rings. The quantitative estimate of drug-likeness (QED) is 0.879. The fourth-order valence-electron chi connectivity index (χ4n) is 2.56. The van der Waals surface area contributed by atoms with Crippen LogP contribution in [-0.4, -0.2) is 20.7 Å². The highest BCUT2D eigenvalue weighted by atomic mass is 16.5. The summed E-state index contributed by atoms with van der Waals surface area (Å²) in [6.45, 7) is 5.57. The van der Waals surface area contributed by atoms with Crippen LogP contribution in [0.15, 0.2) is 36.4 Å². The molecule has 0 bridgehead atoms. The summed E-state index contributed by atoms with van der Waals surface area (Å²) in [5, 5.41) is 5.80. The van der Waals surface area contributed by atoms with Crippen molar-refractivity contribution in [3.63, 3.8) is 0 Å². The number of nitrogens with one attached hydrogen (secondary N) is 1. The summed E-state index contributed by atoms with van der Waals surface area (Å²) in [6, 6.07) is 13.0. The molecule has 1 atom stereocenters. The molecule has 0 spiro atoms. The van der Waals surface area contributed by atoms with Crippen molar-refractivity contribution >= 4 is 10.8 Å². The van der Waals surface area contributed by atoms with E-state index in [2.05, 4.69) is 49.5 Å². The zero-order valence-electron chi connectivity index (χ0n) is 12.2. The molecule has 0 amide bonds. The van der Waals surface area contributed by atoms with Crippen LogP contribution in [0, 0.1) is 5.92 Å². The molecule has 2 nitrogen and oxygen atoms in total. The first-order valence-electron chi connectivity index (χ1n) is 6.88. The summed E-state index contributed by atoms with van der Waals surface area (Å²) in [6.07, 6.45) is 0. The van der Waals surface area contributed by atoms with Gasteiger partial charge in [0.2, 0.25) is 0 Å². The third-order valence-corrected chi connectivity index (χ3v) is 3.73. The van der Waals surface area contributed by atoms with E-state index in [1.54, 1.807) is 7.11 Å². The van der Waals surface area contributed by atoms with Gasteiger partial charge in [-0.1, -0.05) is 38.1 Å². The average molecular weight is 257 g/mol. The lowest BCUT2D eigenvalue weighted by atomic mass is 9.87. The SMILES string of the molecule is CNCC(c1ccc2cc(OC)ccc2c1)C(C)C. The third kappa shape index (κ3) is 3.07. The molecule has 2 aromatic rings. The van der Waals surface area contributed by atoms with E-state index in [-0.39, 0.29) is 0 Å². The fraction of sp³-hybridized carbons (Fsp3) is 0.412. The summed E-state index contributed by atoms with van der Waals surface area (Å²) < 4.78 is 5.27. The van der Waals surface area contributed by atoms with Crippen LogP contribution < -0.4 is 10.1 Å². The molecule has 0 radical (unpaired) electrons. The zero-order chi connectivity index (χ0) is 13.8. The molecule has 102 valence electrons. The van der Waals surface area contributed by atoms with Crippen LogP contribution in [0.25, 0.3) is 10.8 Å². The molecule has 1 unspecified atom stereocenters. The van der Waals surface area contributed by atoms with Gasteiger partial charge in [-0.15, -0.1) is 0 Å². The van der Waals surface area contributed by atoms with Gasteiger partial charge in [0.25, 0.3) is 0 Å². The summed E-state index contributed by atoms with van der Waals surface area (Å²) in [4.78, 5) is 0. The molecule has 0 aliphatic heterocycles. The molecular weight excluding hydrogens is 234 g/mol. The minimum absolute atomic E-state index is 0.552. The average Bonchev–Trinajstić information content (AvgIpc) is 2.43. The standard InChI is InChI=1S/C17H23NO/c1-12(2)17(11-18-3)15-6-5-14-10-16(19-4)8-7-13(14)9-15/h5-10,12,17-18H,11H2,1-4H3. The number of fused-ring (bicyclic) bond motifs is 1. The van der Waals surface area contributed by atoms with Crippen molar-refractivity contribution in [2.75, 3.05) is 20.7 Å². The summed E-state index contributed by atoms with van der Waals surface area (Å²) in [5.41, 5.74) is 1.40. The monoisotopic (exact) mass is 257 g/mol.